The van der Waals surface area contributed by atoms with Crippen LogP contribution < -0.4 is 5.32 Å². The van der Waals surface area contributed by atoms with Gasteiger partial charge in [0.25, 0.3) is 0 Å². The van der Waals surface area contributed by atoms with Gasteiger partial charge in [-0.2, -0.15) is 0 Å². The predicted octanol–water partition coefficient (Wildman–Crippen LogP) is 1.92. The van der Waals surface area contributed by atoms with E-state index in [4.69, 9.17) is 0 Å². The Morgan fingerprint density at radius 2 is 2.18 bits per heavy atom. The van der Waals surface area contributed by atoms with E-state index in [0.29, 0.717) is 0 Å². The zero-order chi connectivity index (χ0) is 12.1. The van der Waals surface area contributed by atoms with Gasteiger partial charge in [0.05, 0.1) is 6.54 Å². The molecular weight excluding hydrogens is 212 g/mol. The number of aryl methyl sites for hydroxylation is 2. The second-order valence-corrected chi connectivity index (χ2v) is 4.25. The van der Waals surface area contributed by atoms with Crippen molar-refractivity contribution in [1.29, 1.82) is 0 Å². The molecular formula is C13H20N4. The summed E-state index contributed by atoms with van der Waals surface area (Å²) in [6.45, 7) is 4.98. The van der Waals surface area contributed by atoms with Crippen molar-refractivity contribution in [2.75, 3.05) is 0 Å². The third-order valence-electron chi connectivity index (χ3n) is 2.90. The maximum absolute atomic E-state index is 4.29. The van der Waals surface area contributed by atoms with Crippen molar-refractivity contribution in [3.63, 3.8) is 0 Å². The fourth-order valence-corrected chi connectivity index (χ4v) is 1.94. The number of nitrogens with one attached hydrogen (secondary N) is 1. The molecule has 17 heavy (non-hydrogen) atoms. The maximum atomic E-state index is 4.29. The quantitative estimate of drug-likeness (QED) is 0.825. The summed E-state index contributed by atoms with van der Waals surface area (Å²) < 4.78 is 4.34. The van der Waals surface area contributed by atoms with Gasteiger partial charge in [0.1, 0.15) is 5.82 Å². The summed E-state index contributed by atoms with van der Waals surface area (Å²) in [5.74, 6) is 1.07. The number of aromatic nitrogens is 3. The van der Waals surface area contributed by atoms with E-state index in [0.717, 1.165) is 25.5 Å². The van der Waals surface area contributed by atoms with Crippen LogP contribution >= 0.6 is 0 Å². The first kappa shape index (κ1) is 11.9. The van der Waals surface area contributed by atoms with Gasteiger partial charge in [0, 0.05) is 44.4 Å². The van der Waals surface area contributed by atoms with Crippen LogP contribution in [0.5, 0.6) is 0 Å². The molecule has 0 saturated heterocycles. The third kappa shape index (κ3) is 2.97. The van der Waals surface area contributed by atoms with E-state index in [1.807, 2.05) is 24.0 Å². The standard InChI is InChI=1S/C13H20N4/c1-3-7-17-8-4-5-12(17)10-14-11-13-15-6-9-16(13)2/h4-6,8-9,14H,3,7,10-11H2,1-2H3. The molecule has 2 aromatic rings. The van der Waals surface area contributed by atoms with E-state index in [9.17, 15) is 0 Å². The molecule has 0 aromatic carbocycles. The van der Waals surface area contributed by atoms with Crippen LogP contribution in [-0.2, 0) is 26.7 Å². The highest BCUT2D eigenvalue weighted by molar-refractivity contribution is 5.07. The van der Waals surface area contributed by atoms with Gasteiger partial charge in [-0.05, 0) is 18.6 Å². The fraction of sp³-hybridized carbons (Fsp3) is 0.462. The van der Waals surface area contributed by atoms with Crippen LogP contribution in [0.15, 0.2) is 30.7 Å². The van der Waals surface area contributed by atoms with Crippen LogP contribution in [0, 0.1) is 0 Å². The Morgan fingerprint density at radius 1 is 1.29 bits per heavy atom. The maximum Gasteiger partial charge on any atom is 0.122 e. The number of hydrogen-bond donors (Lipinski definition) is 1. The second-order valence-electron chi connectivity index (χ2n) is 4.25. The predicted molar refractivity (Wildman–Crippen MR) is 68.5 cm³/mol. The van der Waals surface area contributed by atoms with E-state index in [-0.39, 0.29) is 0 Å². The van der Waals surface area contributed by atoms with Crippen LogP contribution in [0.1, 0.15) is 24.9 Å². The molecule has 0 atom stereocenters. The summed E-state index contributed by atoms with van der Waals surface area (Å²) in [5, 5.41) is 3.43. The van der Waals surface area contributed by atoms with Gasteiger partial charge in [-0.25, -0.2) is 4.98 Å². The van der Waals surface area contributed by atoms with Gasteiger partial charge in [-0.3, -0.25) is 0 Å². The minimum absolute atomic E-state index is 0.806. The number of nitrogens with zero attached hydrogens (tertiary/aromatic N) is 3. The number of hydrogen-bond acceptors (Lipinski definition) is 2. The smallest absolute Gasteiger partial charge is 0.122 e. The minimum Gasteiger partial charge on any atom is -0.350 e. The minimum atomic E-state index is 0.806. The van der Waals surface area contributed by atoms with Gasteiger partial charge >= 0.3 is 0 Å². The Labute approximate surface area is 102 Å². The molecule has 2 aromatic heterocycles. The average molecular weight is 232 g/mol. The largest absolute Gasteiger partial charge is 0.350 e. The molecule has 4 nitrogen and oxygen atoms in total. The Hall–Kier alpha value is -1.55. The molecule has 0 radical (unpaired) electrons. The molecule has 0 aliphatic carbocycles. The first-order chi connectivity index (χ1) is 8.31. The number of imidazole rings is 1. The summed E-state index contributed by atoms with van der Waals surface area (Å²) in [6, 6.07) is 4.27. The molecule has 2 rings (SSSR count). The summed E-state index contributed by atoms with van der Waals surface area (Å²) in [5.41, 5.74) is 1.33. The van der Waals surface area contributed by atoms with Crippen molar-refractivity contribution in [3.8, 4) is 0 Å². The van der Waals surface area contributed by atoms with Crippen molar-refractivity contribution in [3.05, 3.63) is 42.2 Å². The van der Waals surface area contributed by atoms with Gasteiger partial charge in [0.15, 0.2) is 0 Å². The third-order valence-corrected chi connectivity index (χ3v) is 2.90. The highest BCUT2D eigenvalue weighted by atomic mass is 15.1. The van der Waals surface area contributed by atoms with E-state index in [1.54, 1.807) is 0 Å². The molecule has 0 fully saturated rings. The lowest BCUT2D eigenvalue weighted by molar-refractivity contribution is 0.585. The van der Waals surface area contributed by atoms with Crippen molar-refractivity contribution >= 4 is 0 Å². The SMILES string of the molecule is CCCn1cccc1CNCc1nccn1C. The first-order valence-corrected chi connectivity index (χ1v) is 6.12. The van der Waals surface area contributed by atoms with Crippen LogP contribution in [-0.4, -0.2) is 14.1 Å². The molecule has 0 bridgehead atoms. The zero-order valence-electron chi connectivity index (χ0n) is 10.6. The molecule has 92 valence electrons. The lowest BCUT2D eigenvalue weighted by Gasteiger charge is -2.09. The topological polar surface area (TPSA) is 34.8 Å². The van der Waals surface area contributed by atoms with E-state index >= 15 is 0 Å². The lowest BCUT2D eigenvalue weighted by Crippen LogP contribution is -2.17. The molecule has 0 amide bonds. The summed E-state index contributed by atoms with van der Waals surface area (Å²) in [6.07, 6.45) is 7.11. The van der Waals surface area contributed by atoms with Gasteiger partial charge in [-0.1, -0.05) is 6.92 Å². The Balaban J connectivity index is 1.86. The van der Waals surface area contributed by atoms with Gasteiger partial charge in [-0.15, -0.1) is 0 Å². The Morgan fingerprint density at radius 3 is 2.88 bits per heavy atom. The molecule has 0 aliphatic heterocycles. The summed E-state index contributed by atoms with van der Waals surface area (Å²) >= 11 is 0. The van der Waals surface area contributed by atoms with Gasteiger partial charge in [0.2, 0.25) is 0 Å². The van der Waals surface area contributed by atoms with Crippen molar-refractivity contribution in [2.45, 2.75) is 33.0 Å². The molecule has 0 spiro atoms. The first-order valence-electron chi connectivity index (χ1n) is 6.12. The van der Waals surface area contributed by atoms with E-state index in [2.05, 4.69) is 40.1 Å². The summed E-state index contributed by atoms with van der Waals surface area (Å²) in [4.78, 5) is 4.29. The highest BCUT2D eigenvalue weighted by Crippen LogP contribution is 2.03. The van der Waals surface area contributed by atoms with Crippen LogP contribution in [0.4, 0.5) is 0 Å². The molecule has 4 heteroatoms. The Kier molecular flexibility index (Phi) is 3.98. The number of rotatable bonds is 6. The second kappa shape index (κ2) is 5.68. The van der Waals surface area contributed by atoms with Crippen LogP contribution in [0.25, 0.3) is 0 Å². The summed E-state index contributed by atoms with van der Waals surface area (Å²) in [7, 11) is 2.02. The van der Waals surface area contributed by atoms with E-state index in [1.165, 1.54) is 12.1 Å². The molecule has 1 N–H and O–H groups in total. The zero-order valence-corrected chi connectivity index (χ0v) is 10.6. The fourth-order valence-electron chi connectivity index (χ4n) is 1.94. The van der Waals surface area contributed by atoms with Crippen molar-refractivity contribution in [1.82, 2.24) is 19.4 Å². The molecule has 0 saturated carbocycles. The van der Waals surface area contributed by atoms with E-state index < -0.39 is 0 Å². The van der Waals surface area contributed by atoms with Crippen molar-refractivity contribution < 1.29 is 0 Å². The Bertz CT molecular complexity index is 455. The molecule has 0 unspecified atom stereocenters. The monoisotopic (exact) mass is 232 g/mol. The molecule has 0 aliphatic rings. The highest BCUT2D eigenvalue weighted by Gasteiger charge is 2.01. The van der Waals surface area contributed by atoms with Crippen LogP contribution in [0.3, 0.4) is 0 Å². The lowest BCUT2D eigenvalue weighted by atomic mass is 10.4. The average Bonchev–Trinajstić information content (AvgIpc) is 2.90. The molecule has 2 heterocycles. The van der Waals surface area contributed by atoms with Crippen LogP contribution in [0.2, 0.25) is 0 Å². The van der Waals surface area contributed by atoms with Gasteiger partial charge < -0.3 is 14.5 Å². The van der Waals surface area contributed by atoms with Crippen molar-refractivity contribution in [2.24, 2.45) is 7.05 Å². The normalized spacial score (nSPS) is 10.9.